The van der Waals surface area contributed by atoms with Gasteiger partial charge in [-0.1, -0.05) is 23.7 Å². The predicted molar refractivity (Wildman–Crippen MR) is 126 cm³/mol. The lowest BCUT2D eigenvalue weighted by atomic mass is 9.98. The number of carbonyl (C=O) groups excluding carboxylic acids is 1. The third kappa shape index (κ3) is 5.03. The molecule has 3 aromatic heterocycles. The molecule has 0 saturated carbocycles. The number of anilines is 1. The number of thiophene rings is 1. The minimum atomic E-state index is -0.207. The summed E-state index contributed by atoms with van der Waals surface area (Å²) in [6, 6.07) is 13.2. The minimum absolute atomic E-state index is 0.00313. The number of pyridine rings is 1. The number of nitrogens with zero attached hydrogens (tertiary/aromatic N) is 3. The van der Waals surface area contributed by atoms with E-state index in [1.165, 1.54) is 13.3 Å². The minimum Gasteiger partial charge on any atom is -0.395 e. The van der Waals surface area contributed by atoms with Gasteiger partial charge < -0.3 is 20.7 Å². The van der Waals surface area contributed by atoms with E-state index in [-0.39, 0.29) is 18.6 Å². The van der Waals surface area contributed by atoms with Crippen molar-refractivity contribution in [3.63, 3.8) is 0 Å². The fourth-order valence-corrected chi connectivity index (χ4v) is 4.63. The average molecular weight is 469 g/mol. The molecule has 0 radical (unpaired) electrons. The van der Waals surface area contributed by atoms with Gasteiger partial charge in [-0.3, -0.25) is 4.79 Å². The van der Waals surface area contributed by atoms with Crippen molar-refractivity contribution in [1.82, 2.24) is 25.5 Å². The second-order valence-corrected chi connectivity index (χ2v) is 8.49. The largest absolute Gasteiger partial charge is 0.395 e. The first kappa shape index (κ1) is 22.1. The fourth-order valence-electron chi connectivity index (χ4n) is 3.37. The van der Waals surface area contributed by atoms with Crippen LogP contribution >= 0.6 is 22.9 Å². The quantitative estimate of drug-likeness (QED) is 0.312. The summed E-state index contributed by atoms with van der Waals surface area (Å²) in [6.45, 7) is 1.86. The summed E-state index contributed by atoms with van der Waals surface area (Å²) in [4.78, 5) is 20.6. The van der Waals surface area contributed by atoms with Crippen LogP contribution in [0.1, 0.15) is 24.1 Å². The highest BCUT2D eigenvalue weighted by Crippen LogP contribution is 2.41. The summed E-state index contributed by atoms with van der Waals surface area (Å²) in [5, 5.41) is 24.4. The van der Waals surface area contributed by atoms with Gasteiger partial charge in [-0.15, -0.1) is 21.5 Å². The van der Waals surface area contributed by atoms with Gasteiger partial charge in [0.2, 0.25) is 5.91 Å². The van der Waals surface area contributed by atoms with Gasteiger partial charge in [0.15, 0.2) is 5.82 Å². The van der Waals surface area contributed by atoms with Crippen molar-refractivity contribution in [1.29, 1.82) is 0 Å². The lowest BCUT2D eigenvalue weighted by molar-refractivity contribution is -0.114. The maximum Gasteiger partial charge on any atom is 0.222 e. The molecule has 1 unspecified atom stereocenters. The Labute approximate surface area is 193 Å². The number of aliphatic hydroxyl groups excluding tert-OH is 1. The number of aliphatic hydroxyl groups is 1. The predicted octanol–water partition coefficient (Wildman–Crippen LogP) is 3.88. The molecule has 0 aliphatic rings. The van der Waals surface area contributed by atoms with Crippen LogP contribution in [0.25, 0.3) is 21.1 Å². The summed E-state index contributed by atoms with van der Waals surface area (Å²) in [6.07, 6.45) is 3.20. The van der Waals surface area contributed by atoms with Gasteiger partial charge in [0.25, 0.3) is 0 Å². The number of hydrogen-bond acceptors (Lipinski definition) is 7. The molecule has 1 aromatic carbocycles. The molecule has 1 atom stereocenters. The summed E-state index contributed by atoms with van der Waals surface area (Å²) in [5.74, 6) is 0.954. The number of halogens is 1. The number of hydrogen-bond donors (Lipinski definition) is 4. The molecular weight excluding hydrogens is 448 g/mol. The van der Waals surface area contributed by atoms with Crippen molar-refractivity contribution < 1.29 is 9.90 Å². The van der Waals surface area contributed by atoms with Crippen LogP contribution in [0.15, 0.2) is 55.0 Å². The van der Waals surface area contributed by atoms with Crippen LogP contribution in [0.5, 0.6) is 0 Å². The maximum atomic E-state index is 11.4. The van der Waals surface area contributed by atoms with Gasteiger partial charge in [-0.25, -0.2) is 4.98 Å². The number of nitrogens with one attached hydrogen (secondary N) is 3. The highest BCUT2D eigenvalue weighted by molar-refractivity contribution is 7.19. The van der Waals surface area contributed by atoms with Crippen LogP contribution in [0.2, 0.25) is 5.02 Å². The number of carbonyl (C=O) groups is 1. The van der Waals surface area contributed by atoms with Crippen LogP contribution < -0.4 is 10.6 Å². The van der Waals surface area contributed by atoms with Crippen LogP contribution in [-0.2, 0) is 4.79 Å². The molecule has 0 bridgehead atoms. The van der Waals surface area contributed by atoms with Crippen LogP contribution in [0, 0.1) is 0 Å². The number of amides is 1. The molecule has 0 aliphatic carbocycles. The molecule has 4 aromatic rings. The van der Waals surface area contributed by atoms with Crippen molar-refractivity contribution in [3.8, 4) is 21.1 Å². The highest BCUT2D eigenvalue weighted by atomic mass is 35.5. The van der Waals surface area contributed by atoms with E-state index in [9.17, 15) is 9.90 Å². The number of rotatable bonds is 8. The number of H-pyrrole nitrogens is 1. The van der Waals surface area contributed by atoms with E-state index in [1.807, 2.05) is 36.4 Å². The van der Waals surface area contributed by atoms with Crippen LogP contribution in [-0.4, -0.2) is 44.3 Å². The fraction of sp³-hybridized carbons (Fsp3) is 0.182. The van der Waals surface area contributed by atoms with E-state index in [0.29, 0.717) is 23.2 Å². The molecule has 3 heterocycles. The third-order valence-corrected chi connectivity index (χ3v) is 6.17. The standard InChI is InChI=1S/C22H21ClN6O2S/c1-13(31)28-19-10-15(6-7-24-19)18-11-17(21(32-18)22-26-12-27-29-22)20(25-8-9-30)14-2-4-16(23)5-3-14/h2-7,10-12,20,25,30H,8-9H2,1H3,(H,24,28,31)(H,26,27,29). The zero-order valence-electron chi connectivity index (χ0n) is 17.2. The maximum absolute atomic E-state index is 11.4. The molecule has 0 saturated heterocycles. The number of aromatic amines is 1. The zero-order chi connectivity index (χ0) is 22.5. The summed E-state index contributed by atoms with van der Waals surface area (Å²) in [5.41, 5.74) is 2.90. The zero-order valence-corrected chi connectivity index (χ0v) is 18.7. The Hall–Kier alpha value is -3.11. The topological polar surface area (TPSA) is 116 Å². The molecule has 0 aliphatic heterocycles. The molecule has 0 fully saturated rings. The third-order valence-electron chi connectivity index (χ3n) is 4.72. The van der Waals surface area contributed by atoms with E-state index in [2.05, 4.69) is 36.9 Å². The molecular formula is C22H21ClN6O2S. The summed E-state index contributed by atoms with van der Waals surface area (Å²) < 4.78 is 0. The molecule has 32 heavy (non-hydrogen) atoms. The van der Waals surface area contributed by atoms with Crippen molar-refractivity contribution in [3.05, 3.63) is 71.1 Å². The van der Waals surface area contributed by atoms with Crippen LogP contribution in [0.4, 0.5) is 5.82 Å². The lowest BCUT2D eigenvalue weighted by Crippen LogP contribution is -2.25. The lowest BCUT2D eigenvalue weighted by Gasteiger charge is -2.19. The van der Waals surface area contributed by atoms with Crippen molar-refractivity contribution in [2.75, 3.05) is 18.5 Å². The number of aromatic nitrogens is 4. The second kappa shape index (κ2) is 10.0. The van der Waals surface area contributed by atoms with E-state index in [1.54, 1.807) is 17.5 Å². The first-order valence-electron chi connectivity index (χ1n) is 9.89. The van der Waals surface area contributed by atoms with Gasteiger partial charge in [0.1, 0.15) is 12.1 Å². The highest BCUT2D eigenvalue weighted by Gasteiger charge is 2.23. The SMILES string of the molecule is CC(=O)Nc1cc(-c2cc(C(NCCO)c3ccc(Cl)cc3)c(-c3nnc[nH]3)s2)ccn1. The van der Waals surface area contributed by atoms with Crippen molar-refractivity contribution in [2.24, 2.45) is 0 Å². The average Bonchev–Trinajstić information content (AvgIpc) is 3.45. The molecule has 1 amide bonds. The van der Waals surface area contributed by atoms with Crippen molar-refractivity contribution >= 4 is 34.7 Å². The first-order chi connectivity index (χ1) is 15.5. The van der Waals surface area contributed by atoms with Gasteiger partial charge in [0.05, 0.1) is 17.5 Å². The Morgan fingerprint density at radius 1 is 1.25 bits per heavy atom. The Morgan fingerprint density at radius 2 is 2.06 bits per heavy atom. The van der Waals surface area contributed by atoms with Gasteiger partial charge in [-0.05, 0) is 47.0 Å². The Balaban J connectivity index is 1.82. The van der Waals surface area contributed by atoms with E-state index in [0.717, 1.165) is 26.4 Å². The smallest absolute Gasteiger partial charge is 0.222 e. The molecule has 0 spiro atoms. The Kier molecular flexibility index (Phi) is 6.91. The second-order valence-electron chi connectivity index (χ2n) is 7.01. The molecule has 10 heteroatoms. The Morgan fingerprint density at radius 3 is 2.75 bits per heavy atom. The monoisotopic (exact) mass is 468 g/mol. The van der Waals surface area contributed by atoms with E-state index < -0.39 is 0 Å². The van der Waals surface area contributed by atoms with Gasteiger partial charge >= 0.3 is 0 Å². The Bertz CT molecular complexity index is 1190. The number of benzene rings is 1. The summed E-state index contributed by atoms with van der Waals surface area (Å²) in [7, 11) is 0. The van der Waals surface area contributed by atoms with Gasteiger partial charge in [-0.2, -0.15) is 0 Å². The molecule has 8 nitrogen and oxygen atoms in total. The van der Waals surface area contributed by atoms with E-state index >= 15 is 0 Å². The first-order valence-corrected chi connectivity index (χ1v) is 11.1. The molecule has 4 rings (SSSR count). The van der Waals surface area contributed by atoms with Crippen LogP contribution in [0.3, 0.4) is 0 Å². The summed E-state index contributed by atoms with van der Waals surface area (Å²) >= 11 is 7.65. The molecule has 164 valence electrons. The van der Waals surface area contributed by atoms with Gasteiger partial charge in [0, 0.05) is 29.6 Å². The molecule has 4 N–H and O–H groups in total. The normalized spacial score (nSPS) is 12.0. The van der Waals surface area contributed by atoms with Crippen molar-refractivity contribution in [2.45, 2.75) is 13.0 Å². The van der Waals surface area contributed by atoms with E-state index in [4.69, 9.17) is 11.6 Å².